The predicted molar refractivity (Wildman–Crippen MR) is 98.0 cm³/mol. The van der Waals surface area contributed by atoms with Crippen LogP contribution in [0.3, 0.4) is 0 Å². The molecule has 0 bridgehead atoms. The molecule has 1 saturated carbocycles. The predicted octanol–water partition coefficient (Wildman–Crippen LogP) is 2.15. The van der Waals surface area contributed by atoms with Crippen LogP contribution >= 0.6 is 0 Å². The second-order valence-corrected chi connectivity index (χ2v) is 8.84. The van der Waals surface area contributed by atoms with Gasteiger partial charge in [-0.15, -0.1) is 0 Å². The molecule has 0 unspecified atom stereocenters. The van der Waals surface area contributed by atoms with E-state index in [1.54, 1.807) is 25.1 Å². The maximum absolute atomic E-state index is 12.4. The minimum Gasteiger partial charge on any atom is -0.326 e. The Morgan fingerprint density at radius 1 is 1.20 bits per heavy atom. The van der Waals surface area contributed by atoms with Crippen molar-refractivity contribution < 1.29 is 13.2 Å². The van der Waals surface area contributed by atoms with Crippen LogP contribution in [0.5, 0.6) is 0 Å². The molecule has 1 aromatic rings. The first kappa shape index (κ1) is 18.4. The number of anilines is 1. The van der Waals surface area contributed by atoms with Crippen LogP contribution in [0.1, 0.15) is 44.1 Å². The van der Waals surface area contributed by atoms with Gasteiger partial charge >= 0.3 is 0 Å². The fraction of sp³-hybridized carbons (Fsp3) is 0.611. The van der Waals surface area contributed by atoms with Gasteiger partial charge in [0.25, 0.3) is 0 Å². The summed E-state index contributed by atoms with van der Waals surface area (Å²) in [4.78, 5) is 12.4. The van der Waals surface area contributed by atoms with E-state index >= 15 is 0 Å². The van der Waals surface area contributed by atoms with Crippen molar-refractivity contribution in [3.8, 4) is 0 Å². The third kappa shape index (κ3) is 5.26. The first-order valence-electron chi connectivity index (χ1n) is 9.07. The van der Waals surface area contributed by atoms with Crippen LogP contribution in [0.25, 0.3) is 0 Å². The van der Waals surface area contributed by atoms with Crippen LogP contribution in [0, 0.1) is 12.8 Å². The van der Waals surface area contributed by atoms with E-state index < -0.39 is 10.0 Å². The number of rotatable bonds is 7. The van der Waals surface area contributed by atoms with Crippen LogP contribution in [0.2, 0.25) is 0 Å². The Labute approximate surface area is 149 Å². The van der Waals surface area contributed by atoms with E-state index in [2.05, 4.69) is 15.4 Å². The Morgan fingerprint density at radius 3 is 2.60 bits per heavy atom. The molecule has 2 fully saturated rings. The molecule has 6 nitrogen and oxygen atoms in total. The lowest BCUT2D eigenvalue weighted by Crippen LogP contribution is -2.28. The minimum atomic E-state index is -3.52. The van der Waals surface area contributed by atoms with E-state index in [1.165, 1.54) is 0 Å². The fourth-order valence-corrected chi connectivity index (χ4v) is 4.76. The van der Waals surface area contributed by atoms with Crippen molar-refractivity contribution in [1.82, 2.24) is 10.0 Å². The number of amides is 1. The average Bonchev–Trinajstić information content (AvgIpc) is 3.39. The van der Waals surface area contributed by atoms with Gasteiger partial charge in [-0.25, -0.2) is 13.1 Å². The highest BCUT2D eigenvalue weighted by Gasteiger charge is 2.29. The molecule has 1 aromatic carbocycles. The average molecular weight is 365 g/mol. The zero-order chi connectivity index (χ0) is 17.9. The van der Waals surface area contributed by atoms with E-state index in [0.717, 1.165) is 45.2 Å². The number of piperidine rings is 1. The van der Waals surface area contributed by atoms with Gasteiger partial charge in [0.1, 0.15) is 0 Å². The molecule has 2 aliphatic rings. The van der Waals surface area contributed by atoms with Crippen LogP contribution < -0.4 is 15.4 Å². The second kappa shape index (κ2) is 7.85. The first-order chi connectivity index (χ1) is 11.9. The van der Waals surface area contributed by atoms with Gasteiger partial charge in [0.05, 0.1) is 4.90 Å². The maximum Gasteiger partial charge on any atom is 0.241 e. The van der Waals surface area contributed by atoms with Crippen LogP contribution in [0.15, 0.2) is 23.1 Å². The normalized spacial score (nSPS) is 18.9. The second-order valence-electron chi connectivity index (χ2n) is 7.16. The molecule has 0 aromatic heterocycles. The molecule has 0 radical (unpaired) electrons. The van der Waals surface area contributed by atoms with Crippen LogP contribution in [-0.4, -0.2) is 33.5 Å². The summed E-state index contributed by atoms with van der Waals surface area (Å²) < 4.78 is 27.6. The smallest absolute Gasteiger partial charge is 0.241 e. The van der Waals surface area contributed by atoms with Gasteiger partial charge in [0.2, 0.25) is 15.9 Å². The van der Waals surface area contributed by atoms with Crippen LogP contribution in [0.4, 0.5) is 5.69 Å². The standard InChI is InChI=1S/C18H27N3O3S/c1-13-2-4-16(12-17(13)25(23,24)21-15-5-6-15)20-18(22)7-3-14-8-10-19-11-9-14/h2,4,12,14-15,19,21H,3,5-11H2,1H3,(H,20,22). The van der Waals surface area contributed by atoms with E-state index in [0.29, 0.717) is 23.6 Å². The molecule has 7 heteroatoms. The third-order valence-electron chi connectivity index (χ3n) is 4.90. The molecule has 1 heterocycles. The Morgan fingerprint density at radius 2 is 1.92 bits per heavy atom. The lowest BCUT2D eigenvalue weighted by atomic mass is 9.93. The number of benzene rings is 1. The number of sulfonamides is 1. The summed E-state index contributed by atoms with van der Waals surface area (Å²) in [5.41, 5.74) is 1.22. The van der Waals surface area contributed by atoms with Crippen LogP contribution in [-0.2, 0) is 14.8 Å². The van der Waals surface area contributed by atoms with Gasteiger partial charge in [-0.1, -0.05) is 6.07 Å². The van der Waals surface area contributed by atoms with Gasteiger partial charge in [-0.05, 0) is 75.7 Å². The zero-order valence-electron chi connectivity index (χ0n) is 14.7. The lowest BCUT2D eigenvalue weighted by molar-refractivity contribution is -0.116. The van der Waals surface area contributed by atoms with E-state index in [4.69, 9.17) is 0 Å². The number of carbonyl (C=O) groups excluding carboxylic acids is 1. The lowest BCUT2D eigenvalue weighted by Gasteiger charge is -2.22. The quantitative estimate of drug-likeness (QED) is 0.691. The molecule has 25 heavy (non-hydrogen) atoms. The molecular weight excluding hydrogens is 338 g/mol. The molecule has 0 spiro atoms. The molecule has 1 saturated heterocycles. The Hall–Kier alpha value is -1.44. The molecule has 0 atom stereocenters. The number of hydrogen-bond donors (Lipinski definition) is 3. The summed E-state index contributed by atoms with van der Waals surface area (Å²) in [5, 5.41) is 6.17. The number of nitrogens with one attached hydrogen (secondary N) is 3. The summed E-state index contributed by atoms with van der Waals surface area (Å²) in [6.45, 7) is 3.82. The number of hydrogen-bond acceptors (Lipinski definition) is 4. The van der Waals surface area contributed by atoms with Gasteiger partial charge in [-0.2, -0.15) is 0 Å². The van der Waals surface area contributed by atoms with E-state index in [-0.39, 0.29) is 16.8 Å². The van der Waals surface area contributed by atoms with Crippen molar-refractivity contribution in [3.63, 3.8) is 0 Å². The van der Waals surface area contributed by atoms with Crippen molar-refractivity contribution in [2.24, 2.45) is 5.92 Å². The van der Waals surface area contributed by atoms with Gasteiger partial charge in [-0.3, -0.25) is 4.79 Å². The van der Waals surface area contributed by atoms with Gasteiger partial charge < -0.3 is 10.6 Å². The number of carbonyl (C=O) groups is 1. The minimum absolute atomic E-state index is 0.0547. The SMILES string of the molecule is Cc1ccc(NC(=O)CCC2CCNCC2)cc1S(=O)(=O)NC1CC1. The monoisotopic (exact) mass is 365 g/mol. The Balaban J connectivity index is 1.60. The summed E-state index contributed by atoms with van der Waals surface area (Å²) >= 11 is 0. The van der Waals surface area contributed by atoms with E-state index in [1.807, 2.05) is 0 Å². The van der Waals surface area contributed by atoms with Crippen molar-refractivity contribution in [3.05, 3.63) is 23.8 Å². The Bertz CT molecular complexity index is 723. The molecule has 1 amide bonds. The first-order valence-corrected chi connectivity index (χ1v) is 10.6. The fourth-order valence-electron chi connectivity index (χ4n) is 3.18. The number of aryl methyl sites for hydroxylation is 1. The maximum atomic E-state index is 12.4. The van der Waals surface area contributed by atoms with Crippen molar-refractivity contribution in [2.75, 3.05) is 18.4 Å². The molecular formula is C18H27N3O3S. The van der Waals surface area contributed by atoms with E-state index in [9.17, 15) is 13.2 Å². The molecule has 1 aliphatic carbocycles. The summed E-state index contributed by atoms with van der Waals surface area (Å²) in [5.74, 6) is 0.546. The largest absolute Gasteiger partial charge is 0.326 e. The van der Waals surface area contributed by atoms with Gasteiger partial charge in [0.15, 0.2) is 0 Å². The van der Waals surface area contributed by atoms with Crippen molar-refractivity contribution in [2.45, 2.75) is 56.4 Å². The van der Waals surface area contributed by atoms with Crippen molar-refractivity contribution in [1.29, 1.82) is 0 Å². The highest BCUT2D eigenvalue weighted by Crippen LogP contribution is 2.25. The Kier molecular flexibility index (Phi) is 5.76. The molecule has 3 rings (SSSR count). The highest BCUT2D eigenvalue weighted by molar-refractivity contribution is 7.89. The summed E-state index contributed by atoms with van der Waals surface area (Å²) in [6.07, 6.45) is 5.38. The third-order valence-corrected chi connectivity index (χ3v) is 6.56. The van der Waals surface area contributed by atoms with Gasteiger partial charge in [0, 0.05) is 18.2 Å². The summed E-state index contributed by atoms with van der Waals surface area (Å²) in [7, 11) is -3.52. The molecule has 1 aliphatic heterocycles. The van der Waals surface area contributed by atoms with Crippen molar-refractivity contribution >= 4 is 21.6 Å². The molecule has 138 valence electrons. The molecule has 3 N–H and O–H groups in total. The summed E-state index contributed by atoms with van der Waals surface area (Å²) in [6, 6.07) is 5.12. The topological polar surface area (TPSA) is 87.3 Å². The highest BCUT2D eigenvalue weighted by atomic mass is 32.2. The zero-order valence-corrected chi connectivity index (χ0v) is 15.5.